The van der Waals surface area contributed by atoms with E-state index in [-0.39, 0.29) is 11.3 Å². The number of pyridine rings is 1. The van der Waals surface area contributed by atoms with E-state index in [4.69, 9.17) is 4.74 Å². The molecule has 160 valence electrons. The molecule has 0 aliphatic rings. The lowest BCUT2D eigenvalue weighted by atomic mass is 9.97. The Labute approximate surface area is 198 Å². The van der Waals surface area contributed by atoms with E-state index in [1.807, 2.05) is 48.5 Å². The van der Waals surface area contributed by atoms with Crippen LogP contribution in [0.3, 0.4) is 0 Å². The van der Waals surface area contributed by atoms with E-state index >= 15 is 0 Å². The van der Waals surface area contributed by atoms with Crippen LogP contribution in [0.5, 0.6) is 0 Å². The highest BCUT2D eigenvalue weighted by Crippen LogP contribution is 2.30. The molecule has 0 bridgehead atoms. The van der Waals surface area contributed by atoms with Crippen LogP contribution in [0.4, 0.5) is 5.69 Å². The fraction of sp³-hybridized carbons (Fsp3) is 0.0800. The minimum Gasteiger partial charge on any atom is -0.451 e. The number of amides is 1. The van der Waals surface area contributed by atoms with Crippen molar-refractivity contribution in [1.82, 2.24) is 4.57 Å². The van der Waals surface area contributed by atoms with Gasteiger partial charge in [0, 0.05) is 27.3 Å². The van der Waals surface area contributed by atoms with E-state index in [0.29, 0.717) is 22.0 Å². The van der Waals surface area contributed by atoms with Crippen molar-refractivity contribution < 1.29 is 14.3 Å². The molecule has 0 saturated heterocycles. The van der Waals surface area contributed by atoms with Crippen LogP contribution >= 0.6 is 22.6 Å². The van der Waals surface area contributed by atoms with Crippen molar-refractivity contribution in [1.29, 1.82) is 0 Å². The van der Waals surface area contributed by atoms with Gasteiger partial charge in [0.25, 0.3) is 11.5 Å². The number of benzene rings is 3. The van der Waals surface area contributed by atoms with Crippen LogP contribution in [0.1, 0.15) is 10.5 Å². The molecule has 7 heteroatoms. The summed E-state index contributed by atoms with van der Waals surface area (Å²) in [5.41, 5.74) is 1.76. The van der Waals surface area contributed by atoms with Crippen molar-refractivity contribution in [3.8, 4) is 11.1 Å². The van der Waals surface area contributed by atoms with Gasteiger partial charge in [0.1, 0.15) is 5.69 Å². The summed E-state index contributed by atoms with van der Waals surface area (Å²) in [5.74, 6) is -1.21. The SMILES string of the molecule is Cn1c(C(=O)OCC(=O)Nc2ccc(I)cc2)c(-c2ccccc2)c2ccccc2c1=O. The summed E-state index contributed by atoms with van der Waals surface area (Å²) >= 11 is 2.17. The first-order valence-corrected chi connectivity index (χ1v) is 10.9. The van der Waals surface area contributed by atoms with Crippen LogP contribution < -0.4 is 10.9 Å². The third-order valence-corrected chi connectivity index (χ3v) is 5.74. The first-order valence-electron chi connectivity index (χ1n) is 9.85. The molecule has 0 saturated carbocycles. The molecule has 0 radical (unpaired) electrons. The van der Waals surface area contributed by atoms with Gasteiger partial charge in [-0.15, -0.1) is 0 Å². The van der Waals surface area contributed by atoms with E-state index < -0.39 is 18.5 Å². The van der Waals surface area contributed by atoms with Gasteiger partial charge in [-0.2, -0.15) is 0 Å². The molecule has 0 unspecified atom stereocenters. The zero-order valence-electron chi connectivity index (χ0n) is 17.2. The van der Waals surface area contributed by atoms with Crippen molar-refractivity contribution in [2.24, 2.45) is 7.05 Å². The Morgan fingerprint density at radius 1 is 0.906 bits per heavy atom. The van der Waals surface area contributed by atoms with Crippen molar-refractivity contribution in [3.05, 3.63) is 98.5 Å². The number of halogens is 1. The Kier molecular flexibility index (Phi) is 6.36. The lowest BCUT2D eigenvalue weighted by Gasteiger charge is -2.16. The van der Waals surface area contributed by atoms with Crippen LogP contribution in [0, 0.1) is 3.57 Å². The van der Waals surface area contributed by atoms with Gasteiger partial charge < -0.3 is 14.6 Å². The van der Waals surface area contributed by atoms with Crippen LogP contribution in [-0.4, -0.2) is 23.1 Å². The molecule has 0 aliphatic carbocycles. The Hall–Kier alpha value is -3.46. The third-order valence-electron chi connectivity index (χ3n) is 5.02. The van der Waals surface area contributed by atoms with Crippen LogP contribution in [0.2, 0.25) is 0 Å². The van der Waals surface area contributed by atoms with Gasteiger partial charge >= 0.3 is 5.97 Å². The fourth-order valence-corrected chi connectivity index (χ4v) is 3.89. The summed E-state index contributed by atoms with van der Waals surface area (Å²) in [7, 11) is 1.53. The van der Waals surface area contributed by atoms with Gasteiger partial charge in [0.2, 0.25) is 0 Å². The summed E-state index contributed by atoms with van der Waals surface area (Å²) in [6.45, 7) is -0.472. The largest absolute Gasteiger partial charge is 0.451 e. The number of fused-ring (bicyclic) bond motifs is 1. The molecular weight excluding hydrogens is 519 g/mol. The van der Waals surface area contributed by atoms with Gasteiger partial charge in [-0.05, 0) is 63.9 Å². The Balaban J connectivity index is 1.68. The lowest BCUT2D eigenvalue weighted by molar-refractivity contribution is -0.119. The maximum Gasteiger partial charge on any atom is 0.356 e. The highest BCUT2D eigenvalue weighted by Gasteiger charge is 2.23. The number of nitrogens with zero attached hydrogens (tertiary/aromatic N) is 1. The number of carbonyl (C=O) groups excluding carboxylic acids is 2. The zero-order chi connectivity index (χ0) is 22.7. The van der Waals surface area contributed by atoms with Crippen molar-refractivity contribution in [2.45, 2.75) is 0 Å². The number of hydrogen-bond donors (Lipinski definition) is 1. The number of esters is 1. The van der Waals surface area contributed by atoms with Crippen molar-refractivity contribution in [2.75, 3.05) is 11.9 Å². The predicted octanol–water partition coefficient (Wildman–Crippen LogP) is 4.61. The first kappa shape index (κ1) is 21.8. The first-order chi connectivity index (χ1) is 15.5. The van der Waals surface area contributed by atoms with Crippen molar-refractivity contribution in [3.63, 3.8) is 0 Å². The Morgan fingerprint density at radius 2 is 1.53 bits per heavy atom. The Bertz CT molecular complexity index is 1360. The number of anilines is 1. The molecule has 1 N–H and O–H groups in total. The number of rotatable bonds is 5. The second-order valence-electron chi connectivity index (χ2n) is 7.13. The van der Waals surface area contributed by atoms with Crippen LogP contribution in [-0.2, 0) is 16.6 Å². The molecule has 32 heavy (non-hydrogen) atoms. The standard InChI is InChI=1S/C25H19IN2O4/c1-28-23(25(31)32-15-21(29)27-18-13-11-17(26)12-14-18)22(16-7-3-2-4-8-16)19-9-5-6-10-20(19)24(28)30/h2-14H,15H2,1H3,(H,27,29). The number of nitrogens with one attached hydrogen (secondary N) is 1. The summed E-state index contributed by atoms with van der Waals surface area (Å²) < 4.78 is 7.64. The molecule has 1 heterocycles. The minimum atomic E-state index is -0.744. The predicted molar refractivity (Wildman–Crippen MR) is 133 cm³/mol. The van der Waals surface area contributed by atoms with Gasteiger partial charge in [-0.25, -0.2) is 4.79 Å². The van der Waals surface area contributed by atoms with E-state index in [1.165, 1.54) is 11.6 Å². The van der Waals surface area contributed by atoms with Crippen LogP contribution in [0.15, 0.2) is 83.7 Å². The van der Waals surface area contributed by atoms with Crippen molar-refractivity contribution >= 4 is 50.9 Å². The monoisotopic (exact) mass is 538 g/mol. The van der Waals surface area contributed by atoms with E-state index in [9.17, 15) is 14.4 Å². The van der Waals surface area contributed by atoms with Gasteiger partial charge in [0.15, 0.2) is 6.61 Å². The highest BCUT2D eigenvalue weighted by atomic mass is 127. The molecule has 1 amide bonds. The van der Waals surface area contributed by atoms with Gasteiger partial charge in [-0.3, -0.25) is 9.59 Å². The van der Waals surface area contributed by atoms with E-state index in [0.717, 1.165) is 9.13 Å². The minimum absolute atomic E-state index is 0.0990. The molecule has 0 atom stereocenters. The molecule has 1 aromatic heterocycles. The molecular formula is C25H19IN2O4. The average Bonchev–Trinajstić information content (AvgIpc) is 2.81. The molecule has 0 spiro atoms. The number of aromatic nitrogens is 1. The highest BCUT2D eigenvalue weighted by molar-refractivity contribution is 14.1. The molecule has 0 aliphatic heterocycles. The summed E-state index contributed by atoms with van der Waals surface area (Å²) in [5, 5.41) is 3.84. The average molecular weight is 538 g/mol. The smallest absolute Gasteiger partial charge is 0.356 e. The number of ether oxygens (including phenoxy) is 1. The summed E-state index contributed by atoms with van der Waals surface area (Å²) in [4.78, 5) is 38.3. The maximum absolute atomic E-state index is 13.1. The molecule has 3 aromatic carbocycles. The maximum atomic E-state index is 13.1. The Morgan fingerprint density at radius 3 is 2.22 bits per heavy atom. The second-order valence-corrected chi connectivity index (χ2v) is 8.38. The molecule has 6 nitrogen and oxygen atoms in total. The topological polar surface area (TPSA) is 77.4 Å². The number of hydrogen-bond acceptors (Lipinski definition) is 4. The molecule has 4 aromatic rings. The summed E-state index contributed by atoms with van der Waals surface area (Å²) in [6.07, 6.45) is 0. The van der Waals surface area contributed by atoms with Gasteiger partial charge in [0.05, 0.1) is 0 Å². The van der Waals surface area contributed by atoms with Crippen LogP contribution in [0.25, 0.3) is 21.9 Å². The normalized spacial score (nSPS) is 10.7. The van der Waals surface area contributed by atoms with Gasteiger partial charge in [-0.1, -0.05) is 48.5 Å². The third kappa shape index (κ3) is 4.43. The quantitative estimate of drug-likeness (QED) is 0.298. The van der Waals surface area contributed by atoms with E-state index in [1.54, 1.807) is 30.3 Å². The molecule has 4 rings (SSSR count). The summed E-state index contributed by atoms with van der Waals surface area (Å²) in [6, 6.07) is 23.7. The number of carbonyl (C=O) groups is 2. The zero-order valence-corrected chi connectivity index (χ0v) is 19.3. The van der Waals surface area contributed by atoms with E-state index in [2.05, 4.69) is 27.9 Å². The second kappa shape index (κ2) is 9.35. The fourth-order valence-electron chi connectivity index (χ4n) is 3.53. The lowest BCUT2D eigenvalue weighted by Crippen LogP contribution is -2.28. The molecule has 0 fully saturated rings.